The zero-order valence-corrected chi connectivity index (χ0v) is 13.1. The summed E-state index contributed by atoms with van der Waals surface area (Å²) in [6.45, 7) is 3.64. The lowest BCUT2D eigenvalue weighted by molar-refractivity contribution is -0.137. The minimum Gasteiger partial charge on any atom is -0.504 e. The number of hydrogen-bond acceptors (Lipinski definition) is 4. The second-order valence-electron chi connectivity index (χ2n) is 4.92. The summed E-state index contributed by atoms with van der Waals surface area (Å²) in [5.41, 5.74) is 2.35. The van der Waals surface area contributed by atoms with E-state index in [1.54, 1.807) is 0 Å². The lowest BCUT2D eigenvalue weighted by Crippen LogP contribution is -2.12. The first-order valence-electron chi connectivity index (χ1n) is 6.83. The molecule has 0 amide bonds. The van der Waals surface area contributed by atoms with Crippen molar-refractivity contribution in [2.24, 2.45) is 5.73 Å². The van der Waals surface area contributed by atoms with Gasteiger partial charge in [-0.15, -0.1) is 0 Å². The Kier molecular flexibility index (Phi) is 6.32. The minimum atomic E-state index is -4.77. The van der Waals surface area contributed by atoms with Crippen molar-refractivity contribution in [1.82, 2.24) is 4.98 Å². The number of nitrogens with one attached hydrogen (secondary N) is 1. The first-order chi connectivity index (χ1) is 11.5. The van der Waals surface area contributed by atoms with Crippen molar-refractivity contribution in [1.29, 1.82) is 0 Å². The predicted molar refractivity (Wildman–Crippen MR) is 84.6 cm³/mol. The zero-order valence-electron chi connectivity index (χ0n) is 13.1. The Morgan fingerprint density at radius 3 is 2.20 bits per heavy atom. The smallest absolute Gasteiger partial charge is 0.416 e. The highest BCUT2D eigenvalue weighted by Crippen LogP contribution is 2.37. The summed E-state index contributed by atoms with van der Waals surface area (Å²) in [7, 11) is 0. The van der Waals surface area contributed by atoms with E-state index in [0.29, 0.717) is 19.1 Å². The van der Waals surface area contributed by atoms with Gasteiger partial charge in [0.05, 0.1) is 5.56 Å². The largest absolute Gasteiger partial charge is 0.504 e. The second kappa shape index (κ2) is 7.82. The third-order valence-corrected chi connectivity index (χ3v) is 2.82. The fraction of sp³-hybridized carbons (Fsp3) is 0.188. The Bertz CT molecular complexity index is 694. The molecule has 1 aromatic heterocycles. The van der Waals surface area contributed by atoms with E-state index in [4.69, 9.17) is 0 Å². The van der Waals surface area contributed by atoms with Gasteiger partial charge in [0.15, 0.2) is 11.6 Å². The highest BCUT2D eigenvalue weighted by atomic mass is 19.4. The quantitative estimate of drug-likeness (QED) is 0.690. The van der Waals surface area contributed by atoms with Crippen LogP contribution in [0.2, 0.25) is 0 Å². The van der Waals surface area contributed by atoms with Crippen LogP contribution in [0.4, 0.5) is 33.5 Å². The van der Waals surface area contributed by atoms with Crippen molar-refractivity contribution >= 4 is 11.5 Å². The average Bonchev–Trinajstić information content (AvgIpc) is 2.48. The molecular weight excluding hydrogens is 345 g/mol. The second-order valence-corrected chi connectivity index (χ2v) is 4.92. The number of aromatic hydroxyl groups is 1. The van der Waals surface area contributed by atoms with Crippen LogP contribution in [-0.2, 0) is 12.1 Å². The molecule has 0 aliphatic heterocycles. The molecule has 0 radical (unpaired) electrons. The topological polar surface area (TPSA) is 71.2 Å². The van der Waals surface area contributed by atoms with Crippen LogP contribution in [0.3, 0.4) is 0 Å². The van der Waals surface area contributed by atoms with E-state index < -0.39 is 23.2 Å². The van der Waals surface area contributed by atoms with Gasteiger partial charge in [-0.25, -0.2) is 13.8 Å². The number of anilines is 2. The van der Waals surface area contributed by atoms with Crippen molar-refractivity contribution in [3.8, 4) is 5.75 Å². The van der Waals surface area contributed by atoms with Crippen LogP contribution in [0.1, 0.15) is 18.1 Å². The van der Waals surface area contributed by atoms with Crippen LogP contribution in [-0.4, -0.2) is 10.1 Å². The number of benzene rings is 1. The van der Waals surface area contributed by atoms with Crippen molar-refractivity contribution in [3.05, 3.63) is 60.4 Å². The molecule has 0 saturated carbocycles. The molecule has 0 aliphatic rings. The molecule has 1 heterocycles. The Labute approximate surface area is 140 Å². The lowest BCUT2D eigenvalue weighted by atomic mass is 10.0. The molecule has 4 nitrogen and oxygen atoms in total. The van der Waals surface area contributed by atoms with Gasteiger partial charge in [-0.3, -0.25) is 0 Å². The van der Waals surface area contributed by atoms with Gasteiger partial charge in [0, 0.05) is 24.4 Å². The van der Waals surface area contributed by atoms with Crippen LogP contribution in [0.5, 0.6) is 5.75 Å². The molecule has 0 saturated heterocycles. The molecule has 0 fully saturated rings. The number of rotatable bonds is 3. The fourth-order valence-corrected chi connectivity index (χ4v) is 1.75. The van der Waals surface area contributed by atoms with E-state index in [1.807, 2.05) is 0 Å². The van der Waals surface area contributed by atoms with Crippen LogP contribution in [0, 0.1) is 0 Å². The molecule has 0 aliphatic carbocycles. The number of aromatic nitrogens is 1. The number of pyridine rings is 1. The lowest BCUT2D eigenvalue weighted by Gasteiger charge is -2.17. The van der Waals surface area contributed by atoms with E-state index in [9.17, 15) is 27.1 Å². The maximum atomic E-state index is 13.4. The molecule has 136 valence electrons. The van der Waals surface area contributed by atoms with Crippen LogP contribution >= 0.6 is 0 Å². The van der Waals surface area contributed by atoms with E-state index in [-0.39, 0.29) is 17.3 Å². The van der Waals surface area contributed by atoms with Crippen molar-refractivity contribution in [2.45, 2.75) is 19.0 Å². The molecule has 1 aromatic carbocycles. The maximum Gasteiger partial charge on any atom is 0.416 e. The van der Waals surface area contributed by atoms with E-state index in [1.165, 1.54) is 24.5 Å². The summed E-state index contributed by atoms with van der Waals surface area (Å²) in [6.07, 6.45) is -2.23. The summed E-state index contributed by atoms with van der Waals surface area (Å²) in [5, 5.41) is 11.9. The number of nitrogens with two attached hydrogens (primary N) is 1. The van der Waals surface area contributed by atoms with Crippen LogP contribution < -0.4 is 11.1 Å². The first kappa shape index (κ1) is 20.2. The van der Waals surface area contributed by atoms with Crippen molar-refractivity contribution < 1.29 is 27.1 Å². The summed E-state index contributed by atoms with van der Waals surface area (Å²) in [4.78, 5) is 3.73. The average molecular weight is 361 g/mol. The first-order valence-corrected chi connectivity index (χ1v) is 6.83. The number of halogens is 5. The molecule has 0 atom stereocenters. The van der Waals surface area contributed by atoms with Crippen LogP contribution in [0.25, 0.3) is 0 Å². The summed E-state index contributed by atoms with van der Waals surface area (Å²) >= 11 is 0. The standard InChI is InChI=1S/C14H11F5N2O.C2H5N/c1-13(15,16)8-5-9(14(17,18)19)7-10(6-8)21-12-11(22)3-2-4-20-12;1-2-3/h2-7,22H,1H3,(H,20,21);2H,1,3H2. The SMILES string of the molecule is C=CN.CC(F)(F)c1cc(Nc2ncccc2O)cc(C(F)(F)F)c1. The highest BCUT2D eigenvalue weighted by molar-refractivity contribution is 5.63. The molecule has 0 unspecified atom stereocenters. The third-order valence-electron chi connectivity index (χ3n) is 2.82. The summed E-state index contributed by atoms with van der Waals surface area (Å²) in [5.74, 6) is -3.89. The van der Waals surface area contributed by atoms with Crippen molar-refractivity contribution in [2.75, 3.05) is 5.32 Å². The van der Waals surface area contributed by atoms with E-state index in [0.717, 1.165) is 6.07 Å². The number of nitrogens with zero attached hydrogens (tertiary/aromatic N) is 1. The monoisotopic (exact) mass is 361 g/mol. The molecular formula is C16H16F5N3O. The normalized spacial score (nSPS) is 11.3. The Morgan fingerprint density at radius 1 is 1.16 bits per heavy atom. The van der Waals surface area contributed by atoms with Gasteiger partial charge in [-0.1, -0.05) is 6.58 Å². The number of alkyl halides is 5. The van der Waals surface area contributed by atoms with Gasteiger partial charge in [-0.2, -0.15) is 13.2 Å². The molecule has 9 heteroatoms. The van der Waals surface area contributed by atoms with Gasteiger partial charge in [-0.05, 0) is 36.5 Å². The Balaban J connectivity index is 0.000000970. The van der Waals surface area contributed by atoms with Crippen LogP contribution in [0.15, 0.2) is 49.3 Å². The minimum absolute atomic E-state index is 0.132. The van der Waals surface area contributed by atoms with Crippen molar-refractivity contribution in [3.63, 3.8) is 0 Å². The molecule has 2 rings (SSSR count). The third kappa shape index (κ3) is 5.94. The zero-order chi connectivity index (χ0) is 19.3. The molecule has 0 bridgehead atoms. The maximum absolute atomic E-state index is 13.4. The summed E-state index contributed by atoms with van der Waals surface area (Å²) < 4.78 is 65.2. The number of hydrogen-bond donors (Lipinski definition) is 3. The fourth-order valence-electron chi connectivity index (χ4n) is 1.75. The van der Waals surface area contributed by atoms with Gasteiger partial charge >= 0.3 is 6.18 Å². The Hall–Kier alpha value is -2.84. The van der Waals surface area contributed by atoms with Gasteiger partial charge < -0.3 is 16.2 Å². The predicted octanol–water partition coefficient (Wildman–Crippen LogP) is 4.75. The van der Waals surface area contributed by atoms with E-state index in [2.05, 4.69) is 22.6 Å². The highest BCUT2D eigenvalue weighted by Gasteiger charge is 2.34. The Morgan fingerprint density at radius 2 is 1.72 bits per heavy atom. The summed E-state index contributed by atoms with van der Waals surface area (Å²) in [6, 6.07) is 4.62. The van der Waals surface area contributed by atoms with E-state index >= 15 is 0 Å². The molecule has 0 spiro atoms. The molecule has 4 N–H and O–H groups in total. The van der Waals surface area contributed by atoms with Gasteiger partial charge in [0.1, 0.15) is 0 Å². The molecule has 25 heavy (non-hydrogen) atoms. The molecule has 2 aromatic rings. The van der Waals surface area contributed by atoms with Gasteiger partial charge in [0.25, 0.3) is 5.92 Å². The van der Waals surface area contributed by atoms with Gasteiger partial charge in [0.2, 0.25) is 0 Å².